The molecule has 0 N–H and O–H groups in total. The fourth-order valence-electron chi connectivity index (χ4n) is 7.53. The highest BCUT2D eigenvalue weighted by molar-refractivity contribution is 6.31. The fraction of sp³-hybridized carbons (Fsp3) is 0.480. The van der Waals surface area contributed by atoms with Crippen LogP contribution in [0.25, 0.3) is 22.3 Å². The zero-order valence-corrected chi connectivity index (χ0v) is 33.5. The van der Waals surface area contributed by atoms with Gasteiger partial charge in [-0.1, -0.05) is 166 Å². The molecule has 0 heterocycles. The van der Waals surface area contributed by atoms with Crippen molar-refractivity contribution in [3.63, 3.8) is 0 Å². The molecule has 52 heavy (non-hydrogen) atoms. The molecule has 0 radical (unpaired) electrons. The van der Waals surface area contributed by atoms with Gasteiger partial charge in [0, 0.05) is 6.21 Å². The van der Waals surface area contributed by atoms with Crippen molar-refractivity contribution < 1.29 is 0 Å². The van der Waals surface area contributed by atoms with Crippen molar-refractivity contribution in [1.29, 1.82) is 0 Å². The Kier molecular flexibility index (Phi) is 18.7. The second-order valence-corrected chi connectivity index (χ2v) is 14.7. The summed E-state index contributed by atoms with van der Waals surface area (Å²) in [6, 6.07) is 31.5. The maximum atomic E-state index is 5.28. The molecular formula is C50H68N2. The first kappa shape index (κ1) is 41.0. The highest BCUT2D eigenvalue weighted by Gasteiger charge is 2.15. The lowest BCUT2D eigenvalue weighted by atomic mass is 9.88. The van der Waals surface area contributed by atoms with E-state index in [1.165, 1.54) is 134 Å². The van der Waals surface area contributed by atoms with Crippen LogP contribution in [0.5, 0.6) is 0 Å². The van der Waals surface area contributed by atoms with Gasteiger partial charge in [0.15, 0.2) is 0 Å². The van der Waals surface area contributed by atoms with Crippen LogP contribution < -0.4 is 0 Å². The van der Waals surface area contributed by atoms with Gasteiger partial charge in [-0.2, -0.15) is 0 Å². The van der Waals surface area contributed by atoms with Crippen LogP contribution in [0.4, 0.5) is 11.4 Å². The van der Waals surface area contributed by atoms with Gasteiger partial charge in [-0.3, -0.25) is 9.98 Å². The predicted molar refractivity (Wildman–Crippen MR) is 231 cm³/mol. The van der Waals surface area contributed by atoms with Gasteiger partial charge in [0.1, 0.15) is 0 Å². The number of benzene rings is 4. The van der Waals surface area contributed by atoms with Crippen LogP contribution in [-0.4, -0.2) is 11.9 Å². The highest BCUT2D eigenvalue weighted by atomic mass is 14.8. The first-order valence-corrected chi connectivity index (χ1v) is 21.2. The van der Waals surface area contributed by atoms with Crippen LogP contribution in [-0.2, 0) is 25.7 Å². The van der Waals surface area contributed by atoms with E-state index in [0.29, 0.717) is 0 Å². The third kappa shape index (κ3) is 13.0. The number of unbranched alkanes of at least 4 members (excludes halogenated alkanes) is 11. The molecule has 0 bridgehead atoms. The molecule has 0 saturated carbocycles. The van der Waals surface area contributed by atoms with Crippen LogP contribution in [0.15, 0.2) is 94.9 Å². The number of rotatable bonds is 24. The Labute approximate surface area is 318 Å². The van der Waals surface area contributed by atoms with E-state index in [-0.39, 0.29) is 0 Å². The molecule has 0 aromatic heterocycles. The maximum Gasteiger partial charge on any atom is 0.0639 e. The average Bonchev–Trinajstić information content (AvgIpc) is 3.18. The average molecular weight is 697 g/mol. The topological polar surface area (TPSA) is 24.7 Å². The van der Waals surface area contributed by atoms with Gasteiger partial charge >= 0.3 is 0 Å². The van der Waals surface area contributed by atoms with Crippen molar-refractivity contribution in [3.8, 4) is 22.3 Å². The summed E-state index contributed by atoms with van der Waals surface area (Å²) in [5.41, 5.74) is 14.4. The molecule has 4 rings (SSSR count). The summed E-state index contributed by atoms with van der Waals surface area (Å²) >= 11 is 0. The molecule has 2 nitrogen and oxygen atoms in total. The number of aryl methyl sites for hydroxylation is 4. The summed E-state index contributed by atoms with van der Waals surface area (Å²) in [4.78, 5) is 10.4. The Morgan fingerprint density at radius 1 is 0.462 bits per heavy atom. The monoisotopic (exact) mass is 697 g/mol. The lowest BCUT2D eigenvalue weighted by molar-refractivity contribution is 0.607. The quantitative estimate of drug-likeness (QED) is 0.0515. The second kappa shape index (κ2) is 23.7. The Balaban J connectivity index is 1.67. The minimum atomic E-state index is 0.841. The summed E-state index contributed by atoms with van der Waals surface area (Å²) in [7, 11) is 0. The smallest absolute Gasteiger partial charge is 0.0639 e. The van der Waals surface area contributed by atoms with Gasteiger partial charge in [0.25, 0.3) is 0 Å². The normalized spacial score (nSPS) is 11.9. The highest BCUT2D eigenvalue weighted by Crippen LogP contribution is 2.36. The molecule has 0 fully saturated rings. The summed E-state index contributed by atoms with van der Waals surface area (Å²) in [6.45, 7) is 11.4. The summed E-state index contributed by atoms with van der Waals surface area (Å²) in [6.07, 6.45) is 25.2. The Morgan fingerprint density at radius 3 is 1.37 bits per heavy atom. The summed E-state index contributed by atoms with van der Waals surface area (Å²) in [5, 5.41) is 0. The van der Waals surface area contributed by atoms with Gasteiger partial charge in [-0.25, -0.2) is 0 Å². The van der Waals surface area contributed by atoms with Crippen molar-refractivity contribution in [2.24, 2.45) is 9.98 Å². The van der Waals surface area contributed by atoms with Gasteiger partial charge in [-0.15, -0.1) is 0 Å². The van der Waals surface area contributed by atoms with Crippen LogP contribution in [0.3, 0.4) is 0 Å². The van der Waals surface area contributed by atoms with E-state index in [2.05, 4.69) is 120 Å². The Morgan fingerprint density at radius 2 is 0.885 bits per heavy atom. The van der Waals surface area contributed by atoms with Crippen LogP contribution in [0.1, 0.15) is 153 Å². The van der Waals surface area contributed by atoms with Gasteiger partial charge in [-0.05, 0) is 120 Å². The third-order valence-electron chi connectivity index (χ3n) is 10.5. The van der Waals surface area contributed by atoms with E-state index in [1.807, 2.05) is 6.21 Å². The third-order valence-corrected chi connectivity index (χ3v) is 10.5. The summed E-state index contributed by atoms with van der Waals surface area (Å²) in [5.74, 6) is 0. The standard InChI is InChI=1S/C50H68N2/c1-6-11-14-16-18-22-33-44-37-47(36-43(28-13-8-3)50(44)42-31-26-21-27-32-42)51-39-46(10-5)52-48-35-40(9-4)49(41-29-24-20-25-30-41)45(38-48)34-23-19-17-15-12-7-2/h20-21,24-27,29-32,35-39H,6-19,22-23,28,33-34H2,1-5H3. The first-order valence-electron chi connectivity index (χ1n) is 21.2. The molecule has 4 aromatic rings. The van der Waals surface area contributed by atoms with E-state index in [9.17, 15) is 0 Å². The molecule has 278 valence electrons. The minimum Gasteiger partial charge on any atom is -0.255 e. The fourth-order valence-corrected chi connectivity index (χ4v) is 7.53. The lowest BCUT2D eigenvalue weighted by Gasteiger charge is -2.17. The largest absolute Gasteiger partial charge is 0.255 e. The Hall–Kier alpha value is -3.78. The Bertz CT molecular complexity index is 1650. The molecule has 2 heteroatoms. The molecule has 0 aliphatic carbocycles. The molecule has 0 saturated heterocycles. The molecule has 0 aliphatic rings. The molecule has 0 atom stereocenters. The summed E-state index contributed by atoms with van der Waals surface area (Å²) < 4.78 is 0. The SMILES string of the molecule is CCCCCCCCc1cc(N=C(C=Nc2cc(CCCC)c(-c3ccccc3)c(CCCCCCCC)c2)CC)cc(CC)c1-c1ccccc1. The van der Waals surface area contributed by atoms with Crippen LogP contribution in [0.2, 0.25) is 0 Å². The van der Waals surface area contributed by atoms with Crippen molar-refractivity contribution in [2.75, 3.05) is 0 Å². The molecule has 4 aromatic carbocycles. The van der Waals surface area contributed by atoms with Crippen LogP contribution in [0, 0.1) is 0 Å². The van der Waals surface area contributed by atoms with Crippen molar-refractivity contribution in [1.82, 2.24) is 0 Å². The van der Waals surface area contributed by atoms with Crippen LogP contribution >= 0.6 is 0 Å². The molecule has 0 unspecified atom stereocenters. The molecule has 0 spiro atoms. The van der Waals surface area contributed by atoms with Gasteiger partial charge in [0.2, 0.25) is 0 Å². The van der Waals surface area contributed by atoms with Crippen molar-refractivity contribution in [2.45, 2.75) is 157 Å². The lowest BCUT2D eigenvalue weighted by Crippen LogP contribution is -2.00. The van der Waals surface area contributed by atoms with E-state index in [0.717, 1.165) is 49.2 Å². The van der Waals surface area contributed by atoms with E-state index < -0.39 is 0 Å². The predicted octanol–water partition coefficient (Wildman–Crippen LogP) is 15.6. The van der Waals surface area contributed by atoms with Gasteiger partial charge < -0.3 is 0 Å². The zero-order chi connectivity index (χ0) is 36.8. The van der Waals surface area contributed by atoms with E-state index in [4.69, 9.17) is 9.98 Å². The number of hydrogen-bond acceptors (Lipinski definition) is 2. The maximum absolute atomic E-state index is 5.28. The zero-order valence-electron chi connectivity index (χ0n) is 33.5. The van der Waals surface area contributed by atoms with E-state index in [1.54, 1.807) is 0 Å². The molecule has 0 amide bonds. The van der Waals surface area contributed by atoms with Crippen molar-refractivity contribution in [3.05, 3.63) is 107 Å². The van der Waals surface area contributed by atoms with Crippen molar-refractivity contribution >= 4 is 23.3 Å². The van der Waals surface area contributed by atoms with E-state index >= 15 is 0 Å². The number of nitrogens with zero attached hydrogens (tertiary/aromatic N) is 2. The molecule has 0 aliphatic heterocycles. The second-order valence-electron chi connectivity index (χ2n) is 14.7. The minimum absolute atomic E-state index is 0.841. The first-order chi connectivity index (χ1) is 25.6. The van der Waals surface area contributed by atoms with Gasteiger partial charge in [0.05, 0.1) is 17.1 Å². The number of hydrogen-bond donors (Lipinski definition) is 0. The number of aliphatic imine (C=N–C) groups is 2. The molecular weight excluding hydrogens is 629 g/mol.